The predicted octanol–water partition coefficient (Wildman–Crippen LogP) is 3.34. The van der Waals surface area contributed by atoms with E-state index < -0.39 is 0 Å². The SMILES string of the molecule is CC(C(=O)NC12CC3CC(CC(C3)C1)C2)N1CCCCCC1. The molecule has 5 rings (SSSR count). The van der Waals surface area contributed by atoms with Gasteiger partial charge in [0.15, 0.2) is 0 Å². The fourth-order valence-corrected chi connectivity index (χ4v) is 6.28. The maximum Gasteiger partial charge on any atom is 0.237 e. The van der Waals surface area contributed by atoms with Gasteiger partial charge in [-0.25, -0.2) is 0 Å². The highest BCUT2D eigenvalue weighted by molar-refractivity contribution is 5.82. The van der Waals surface area contributed by atoms with E-state index in [-0.39, 0.29) is 11.6 Å². The summed E-state index contributed by atoms with van der Waals surface area (Å²) in [6.45, 7) is 4.34. The summed E-state index contributed by atoms with van der Waals surface area (Å²) in [7, 11) is 0. The Labute approximate surface area is 135 Å². The Morgan fingerprint density at radius 1 is 0.955 bits per heavy atom. The summed E-state index contributed by atoms with van der Waals surface area (Å²) in [5.41, 5.74) is 0.173. The van der Waals surface area contributed by atoms with Gasteiger partial charge in [-0.15, -0.1) is 0 Å². The summed E-state index contributed by atoms with van der Waals surface area (Å²) < 4.78 is 0. The highest BCUT2D eigenvalue weighted by Crippen LogP contribution is 2.55. The van der Waals surface area contributed by atoms with Crippen molar-refractivity contribution in [3.63, 3.8) is 0 Å². The molecule has 0 aromatic carbocycles. The van der Waals surface area contributed by atoms with Crippen molar-refractivity contribution in [2.45, 2.75) is 82.7 Å². The molecule has 22 heavy (non-hydrogen) atoms. The van der Waals surface area contributed by atoms with Crippen LogP contribution in [0, 0.1) is 17.8 Å². The molecule has 1 saturated heterocycles. The van der Waals surface area contributed by atoms with Gasteiger partial charge in [-0.1, -0.05) is 12.8 Å². The number of nitrogens with one attached hydrogen (secondary N) is 1. The lowest BCUT2D eigenvalue weighted by Crippen LogP contribution is -2.62. The van der Waals surface area contributed by atoms with Gasteiger partial charge in [0.2, 0.25) is 5.91 Å². The minimum atomic E-state index is 0.0612. The van der Waals surface area contributed by atoms with Crippen LogP contribution < -0.4 is 5.32 Å². The molecule has 4 bridgehead atoms. The van der Waals surface area contributed by atoms with Gasteiger partial charge in [0.25, 0.3) is 0 Å². The Morgan fingerprint density at radius 3 is 1.95 bits per heavy atom. The average Bonchev–Trinajstić information content (AvgIpc) is 2.73. The Hall–Kier alpha value is -0.570. The molecule has 3 nitrogen and oxygen atoms in total. The van der Waals surface area contributed by atoms with Crippen LogP contribution in [0.5, 0.6) is 0 Å². The van der Waals surface area contributed by atoms with Crippen LogP contribution in [0.4, 0.5) is 0 Å². The predicted molar refractivity (Wildman–Crippen MR) is 88.5 cm³/mol. The van der Waals surface area contributed by atoms with E-state index in [2.05, 4.69) is 17.1 Å². The van der Waals surface area contributed by atoms with E-state index in [1.54, 1.807) is 0 Å². The van der Waals surface area contributed by atoms with Gasteiger partial charge in [-0.3, -0.25) is 9.69 Å². The van der Waals surface area contributed by atoms with E-state index in [1.807, 2.05) is 0 Å². The molecule has 0 aromatic rings. The maximum atomic E-state index is 12.9. The molecule has 5 fully saturated rings. The molecule has 5 aliphatic rings. The monoisotopic (exact) mass is 304 g/mol. The van der Waals surface area contributed by atoms with Crippen molar-refractivity contribution in [3.8, 4) is 0 Å². The molecule has 1 heterocycles. The van der Waals surface area contributed by atoms with Crippen molar-refractivity contribution < 1.29 is 4.79 Å². The molecule has 1 unspecified atom stereocenters. The summed E-state index contributed by atoms with van der Waals surface area (Å²) in [5.74, 6) is 3.02. The third-order valence-electron chi connectivity index (χ3n) is 6.99. The second-order valence-corrected chi connectivity index (χ2v) is 8.81. The summed E-state index contributed by atoms with van der Waals surface area (Å²) >= 11 is 0. The number of hydrogen-bond acceptors (Lipinski definition) is 2. The minimum absolute atomic E-state index is 0.0612. The third-order valence-corrected chi connectivity index (χ3v) is 6.99. The van der Waals surface area contributed by atoms with Crippen LogP contribution in [0.25, 0.3) is 0 Å². The Balaban J connectivity index is 1.41. The molecule has 4 saturated carbocycles. The van der Waals surface area contributed by atoms with Crippen molar-refractivity contribution in [1.29, 1.82) is 0 Å². The van der Waals surface area contributed by atoms with E-state index in [0.29, 0.717) is 5.91 Å². The summed E-state index contributed by atoms with van der Waals surface area (Å²) in [5, 5.41) is 3.56. The smallest absolute Gasteiger partial charge is 0.237 e. The van der Waals surface area contributed by atoms with Gasteiger partial charge in [0.05, 0.1) is 6.04 Å². The van der Waals surface area contributed by atoms with Crippen molar-refractivity contribution in [1.82, 2.24) is 10.2 Å². The van der Waals surface area contributed by atoms with E-state index >= 15 is 0 Å². The lowest BCUT2D eigenvalue weighted by atomic mass is 9.53. The molecular formula is C19H32N2O. The normalized spacial score (nSPS) is 42.9. The van der Waals surface area contributed by atoms with Crippen LogP contribution in [-0.2, 0) is 4.79 Å². The summed E-state index contributed by atoms with van der Waals surface area (Å²) in [6, 6.07) is 0.0612. The molecule has 1 N–H and O–H groups in total. The first-order chi connectivity index (χ1) is 10.6. The number of hydrogen-bond donors (Lipinski definition) is 1. The first kappa shape index (κ1) is 15.0. The number of carbonyl (C=O) groups is 1. The minimum Gasteiger partial charge on any atom is -0.349 e. The van der Waals surface area contributed by atoms with Crippen molar-refractivity contribution in [3.05, 3.63) is 0 Å². The standard InChI is InChI=1S/C19H32N2O/c1-14(21-6-4-2-3-5-7-21)18(22)20-19-11-15-8-16(12-19)10-17(9-15)13-19/h14-17H,2-13H2,1H3,(H,20,22). The lowest BCUT2D eigenvalue weighted by Gasteiger charge is -2.57. The van der Waals surface area contributed by atoms with Crippen LogP contribution in [0.1, 0.15) is 71.1 Å². The summed E-state index contributed by atoms with van der Waals surface area (Å²) in [6.07, 6.45) is 13.3. The highest BCUT2D eigenvalue weighted by atomic mass is 16.2. The van der Waals surface area contributed by atoms with Gasteiger partial charge in [0, 0.05) is 5.54 Å². The first-order valence-electron chi connectivity index (χ1n) is 9.70. The quantitative estimate of drug-likeness (QED) is 0.867. The zero-order valence-corrected chi connectivity index (χ0v) is 14.2. The molecule has 1 atom stereocenters. The van der Waals surface area contributed by atoms with Crippen molar-refractivity contribution in [2.75, 3.05) is 13.1 Å². The Kier molecular flexibility index (Phi) is 3.96. The second kappa shape index (κ2) is 5.81. The van der Waals surface area contributed by atoms with Crippen LogP contribution in [-0.4, -0.2) is 35.5 Å². The molecule has 124 valence electrons. The van der Waals surface area contributed by atoms with Crippen LogP contribution in [0.2, 0.25) is 0 Å². The van der Waals surface area contributed by atoms with Crippen LogP contribution in [0.3, 0.4) is 0 Å². The van der Waals surface area contributed by atoms with E-state index in [1.165, 1.54) is 64.2 Å². The fraction of sp³-hybridized carbons (Fsp3) is 0.947. The average molecular weight is 304 g/mol. The van der Waals surface area contributed by atoms with Gasteiger partial charge in [-0.2, -0.15) is 0 Å². The number of carbonyl (C=O) groups excluding carboxylic acids is 1. The Bertz CT molecular complexity index is 390. The van der Waals surface area contributed by atoms with E-state index in [4.69, 9.17) is 0 Å². The number of amides is 1. The molecule has 0 spiro atoms. The lowest BCUT2D eigenvalue weighted by molar-refractivity contribution is -0.131. The second-order valence-electron chi connectivity index (χ2n) is 8.81. The highest BCUT2D eigenvalue weighted by Gasteiger charge is 2.51. The molecule has 4 aliphatic carbocycles. The zero-order chi connectivity index (χ0) is 15.2. The van der Waals surface area contributed by atoms with Gasteiger partial charge < -0.3 is 5.32 Å². The van der Waals surface area contributed by atoms with E-state index in [9.17, 15) is 4.79 Å². The number of nitrogens with zero attached hydrogens (tertiary/aromatic N) is 1. The molecule has 3 heteroatoms. The van der Waals surface area contributed by atoms with E-state index in [0.717, 1.165) is 30.8 Å². The zero-order valence-electron chi connectivity index (χ0n) is 14.2. The maximum absolute atomic E-state index is 12.9. The number of likely N-dealkylation sites (tertiary alicyclic amines) is 1. The number of rotatable bonds is 3. The van der Waals surface area contributed by atoms with Crippen LogP contribution >= 0.6 is 0 Å². The van der Waals surface area contributed by atoms with Crippen molar-refractivity contribution >= 4 is 5.91 Å². The van der Waals surface area contributed by atoms with Gasteiger partial charge in [-0.05, 0) is 89.1 Å². The first-order valence-corrected chi connectivity index (χ1v) is 9.70. The van der Waals surface area contributed by atoms with Gasteiger partial charge >= 0.3 is 0 Å². The third kappa shape index (κ3) is 2.81. The molecule has 0 aromatic heterocycles. The topological polar surface area (TPSA) is 32.3 Å². The molecule has 1 aliphatic heterocycles. The fourth-order valence-electron chi connectivity index (χ4n) is 6.28. The molecule has 0 radical (unpaired) electrons. The Morgan fingerprint density at radius 2 is 1.45 bits per heavy atom. The summed E-state index contributed by atoms with van der Waals surface area (Å²) in [4.78, 5) is 15.3. The largest absolute Gasteiger partial charge is 0.349 e. The van der Waals surface area contributed by atoms with Gasteiger partial charge in [0.1, 0.15) is 0 Å². The molecule has 1 amide bonds. The van der Waals surface area contributed by atoms with Crippen molar-refractivity contribution in [2.24, 2.45) is 17.8 Å². The van der Waals surface area contributed by atoms with Crippen LogP contribution in [0.15, 0.2) is 0 Å². The molecular weight excluding hydrogens is 272 g/mol.